The van der Waals surface area contributed by atoms with Crippen molar-refractivity contribution in [1.82, 2.24) is 4.98 Å². The molecule has 0 saturated carbocycles. The molecule has 0 aliphatic rings. The van der Waals surface area contributed by atoms with E-state index in [2.05, 4.69) is 45.3 Å². The molecule has 2 rings (SSSR count). The van der Waals surface area contributed by atoms with E-state index in [0.29, 0.717) is 0 Å². The third-order valence-electron chi connectivity index (χ3n) is 2.39. The highest BCUT2D eigenvalue weighted by Crippen LogP contribution is 2.23. The Kier molecular flexibility index (Phi) is 3.57. The molecule has 16 heavy (non-hydrogen) atoms. The van der Waals surface area contributed by atoms with E-state index in [1.807, 2.05) is 30.5 Å². The summed E-state index contributed by atoms with van der Waals surface area (Å²) in [6, 6.07) is 12.3. The topological polar surface area (TPSA) is 24.9 Å². The Balaban J connectivity index is 2.08. The predicted molar refractivity (Wildman–Crippen MR) is 70.4 cm³/mol. The van der Waals surface area contributed by atoms with Gasteiger partial charge in [-0.2, -0.15) is 0 Å². The van der Waals surface area contributed by atoms with Crippen LogP contribution in [0.4, 0.5) is 5.82 Å². The fourth-order valence-corrected chi connectivity index (χ4v) is 1.82. The first-order valence-corrected chi connectivity index (χ1v) is 5.95. The van der Waals surface area contributed by atoms with Gasteiger partial charge in [-0.15, -0.1) is 0 Å². The molecular weight excluding hydrogens is 264 g/mol. The number of aryl methyl sites for hydroxylation is 1. The number of benzene rings is 1. The summed E-state index contributed by atoms with van der Waals surface area (Å²) in [5.74, 6) is 0.892. The van der Waals surface area contributed by atoms with Crippen LogP contribution in [0.2, 0.25) is 0 Å². The molecule has 1 aromatic carbocycles. The Morgan fingerprint density at radius 1 is 1.19 bits per heavy atom. The summed E-state index contributed by atoms with van der Waals surface area (Å²) in [4.78, 5) is 4.30. The van der Waals surface area contributed by atoms with Gasteiger partial charge in [-0.1, -0.05) is 30.3 Å². The Morgan fingerprint density at radius 3 is 2.69 bits per heavy atom. The van der Waals surface area contributed by atoms with E-state index < -0.39 is 0 Å². The van der Waals surface area contributed by atoms with Crippen molar-refractivity contribution in [2.24, 2.45) is 0 Å². The number of rotatable bonds is 3. The molecule has 0 amide bonds. The number of nitrogens with one attached hydrogen (secondary N) is 1. The van der Waals surface area contributed by atoms with Crippen LogP contribution in [0, 0.1) is 6.92 Å². The molecule has 82 valence electrons. The molecule has 0 atom stereocenters. The molecule has 0 fully saturated rings. The van der Waals surface area contributed by atoms with Crippen LogP contribution in [0.3, 0.4) is 0 Å². The van der Waals surface area contributed by atoms with Crippen molar-refractivity contribution < 1.29 is 0 Å². The van der Waals surface area contributed by atoms with Crippen LogP contribution in [0.25, 0.3) is 0 Å². The average Bonchev–Trinajstić information content (AvgIpc) is 2.32. The maximum absolute atomic E-state index is 4.30. The van der Waals surface area contributed by atoms with Crippen LogP contribution in [-0.2, 0) is 6.54 Å². The first-order chi connectivity index (χ1) is 7.77. The summed E-state index contributed by atoms with van der Waals surface area (Å²) < 4.78 is 1.03. The van der Waals surface area contributed by atoms with Gasteiger partial charge in [0.1, 0.15) is 5.82 Å². The third-order valence-corrected chi connectivity index (χ3v) is 3.39. The third kappa shape index (κ3) is 2.61. The van der Waals surface area contributed by atoms with Gasteiger partial charge in [0.2, 0.25) is 0 Å². The molecule has 0 saturated heterocycles. The summed E-state index contributed by atoms with van der Waals surface area (Å²) >= 11 is 3.53. The molecule has 0 aliphatic carbocycles. The number of hydrogen-bond donors (Lipinski definition) is 1. The number of nitrogens with zero attached hydrogens (tertiary/aromatic N) is 1. The van der Waals surface area contributed by atoms with Gasteiger partial charge >= 0.3 is 0 Å². The zero-order valence-electron chi connectivity index (χ0n) is 9.07. The second kappa shape index (κ2) is 5.12. The first-order valence-electron chi connectivity index (χ1n) is 5.16. The zero-order valence-corrected chi connectivity index (χ0v) is 10.7. The van der Waals surface area contributed by atoms with E-state index in [9.17, 15) is 0 Å². The fraction of sp³-hybridized carbons (Fsp3) is 0.154. The lowest BCUT2D eigenvalue weighted by Crippen LogP contribution is -2.02. The minimum absolute atomic E-state index is 0.788. The lowest BCUT2D eigenvalue weighted by Gasteiger charge is -2.08. The molecule has 0 unspecified atom stereocenters. The van der Waals surface area contributed by atoms with Gasteiger partial charge in [-0.25, -0.2) is 4.98 Å². The molecule has 2 nitrogen and oxygen atoms in total. The van der Waals surface area contributed by atoms with Crippen LogP contribution in [0.5, 0.6) is 0 Å². The minimum atomic E-state index is 0.788. The van der Waals surface area contributed by atoms with Crippen LogP contribution in [0.15, 0.2) is 47.1 Å². The van der Waals surface area contributed by atoms with Crippen molar-refractivity contribution in [2.45, 2.75) is 13.5 Å². The summed E-state index contributed by atoms with van der Waals surface area (Å²) in [5.41, 5.74) is 2.43. The molecule has 0 bridgehead atoms. The molecular formula is C13H13BrN2. The standard InChI is InChI=1S/C13H13BrN2/c1-10-7-8-15-13(12(10)14)16-9-11-5-3-2-4-6-11/h2-8H,9H2,1H3,(H,15,16). The van der Waals surface area contributed by atoms with Gasteiger partial charge in [-0.05, 0) is 40.0 Å². The normalized spacial score (nSPS) is 10.1. The molecule has 0 spiro atoms. The maximum atomic E-state index is 4.30. The van der Waals surface area contributed by atoms with Crippen LogP contribution < -0.4 is 5.32 Å². The number of anilines is 1. The van der Waals surface area contributed by atoms with E-state index in [0.717, 1.165) is 16.8 Å². The smallest absolute Gasteiger partial charge is 0.140 e. The van der Waals surface area contributed by atoms with Crippen LogP contribution in [0.1, 0.15) is 11.1 Å². The fourth-order valence-electron chi connectivity index (χ4n) is 1.45. The quantitative estimate of drug-likeness (QED) is 0.923. The monoisotopic (exact) mass is 276 g/mol. The largest absolute Gasteiger partial charge is 0.365 e. The van der Waals surface area contributed by atoms with Crippen LogP contribution in [-0.4, -0.2) is 4.98 Å². The number of halogens is 1. The highest BCUT2D eigenvalue weighted by molar-refractivity contribution is 9.10. The molecule has 0 aliphatic heterocycles. The highest BCUT2D eigenvalue weighted by Gasteiger charge is 2.02. The van der Waals surface area contributed by atoms with E-state index >= 15 is 0 Å². The SMILES string of the molecule is Cc1ccnc(NCc2ccccc2)c1Br. The summed E-state index contributed by atoms with van der Waals surface area (Å²) in [5, 5.41) is 3.31. The van der Waals surface area contributed by atoms with E-state index in [4.69, 9.17) is 0 Å². The Morgan fingerprint density at radius 2 is 1.94 bits per heavy atom. The maximum Gasteiger partial charge on any atom is 0.140 e. The van der Waals surface area contributed by atoms with Crippen molar-refractivity contribution in [3.8, 4) is 0 Å². The minimum Gasteiger partial charge on any atom is -0.365 e. The van der Waals surface area contributed by atoms with Gasteiger partial charge in [-0.3, -0.25) is 0 Å². The van der Waals surface area contributed by atoms with Crippen molar-refractivity contribution in [2.75, 3.05) is 5.32 Å². The predicted octanol–water partition coefficient (Wildman–Crippen LogP) is 3.76. The molecule has 3 heteroatoms. The van der Waals surface area contributed by atoms with Gasteiger partial charge in [0.05, 0.1) is 4.47 Å². The molecule has 1 aromatic heterocycles. The van der Waals surface area contributed by atoms with E-state index in [-0.39, 0.29) is 0 Å². The number of aromatic nitrogens is 1. The second-order valence-electron chi connectivity index (χ2n) is 3.63. The zero-order chi connectivity index (χ0) is 11.4. The Hall–Kier alpha value is -1.35. The van der Waals surface area contributed by atoms with Gasteiger partial charge in [0, 0.05) is 12.7 Å². The summed E-state index contributed by atoms with van der Waals surface area (Å²) in [6.45, 7) is 2.84. The van der Waals surface area contributed by atoms with Gasteiger partial charge in [0.25, 0.3) is 0 Å². The summed E-state index contributed by atoms with van der Waals surface area (Å²) in [7, 11) is 0. The van der Waals surface area contributed by atoms with Crippen LogP contribution >= 0.6 is 15.9 Å². The van der Waals surface area contributed by atoms with Crippen molar-refractivity contribution in [3.05, 3.63) is 58.2 Å². The Bertz CT molecular complexity index is 469. The molecule has 1 N–H and O–H groups in total. The number of hydrogen-bond acceptors (Lipinski definition) is 2. The van der Waals surface area contributed by atoms with Crippen molar-refractivity contribution in [1.29, 1.82) is 0 Å². The Labute approximate surface area is 104 Å². The molecule has 1 heterocycles. The second-order valence-corrected chi connectivity index (χ2v) is 4.42. The summed E-state index contributed by atoms with van der Waals surface area (Å²) in [6.07, 6.45) is 1.81. The molecule has 2 aromatic rings. The highest BCUT2D eigenvalue weighted by atomic mass is 79.9. The van der Waals surface area contributed by atoms with E-state index in [1.54, 1.807) is 0 Å². The van der Waals surface area contributed by atoms with Gasteiger partial charge in [0.15, 0.2) is 0 Å². The van der Waals surface area contributed by atoms with Crippen molar-refractivity contribution in [3.63, 3.8) is 0 Å². The van der Waals surface area contributed by atoms with E-state index in [1.165, 1.54) is 11.1 Å². The lowest BCUT2D eigenvalue weighted by molar-refractivity contribution is 1.10. The van der Waals surface area contributed by atoms with Crippen molar-refractivity contribution >= 4 is 21.7 Å². The lowest BCUT2D eigenvalue weighted by atomic mass is 10.2. The molecule has 0 radical (unpaired) electrons. The van der Waals surface area contributed by atoms with Gasteiger partial charge < -0.3 is 5.32 Å². The first kappa shape index (κ1) is 11.1. The average molecular weight is 277 g/mol. The number of pyridine rings is 1.